The molecule has 108 valence electrons. The number of carbonyl (C=O) groups is 2. The smallest absolute Gasteiger partial charge is 0.321 e. The summed E-state index contributed by atoms with van der Waals surface area (Å²) in [6.45, 7) is 2.28. The third-order valence-corrected chi connectivity index (χ3v) is 4.07. The number of carbonyl (C=O) groups excluding carboxylic acids is 1. The Balaban J connectivity index is 2.05. The van der Waals surface area contributed by atoms with Gasteiger partial charge < -0.3 is 15.3 Å². The molecule has 1 aliphatic rings. The first-order valence-electron chi connectivity index (χ1n) is 6.06. The number of urea groups is 1. The number of nitrogens with zero attached hydrogens (tertiary/aromatic N) is 1. The van der Waals surface area contributed by atoms with Crippen molar-refractivity contribution < 1.29 is 14.7 Å². The quantitative estimate of drug-likeness (QED) is 0.848. The molecular weight excluding hydrogens is 348 g/mol. The lowest BCUT2D eigenvalue weighted by molar-refractivity contribution is -0.146. The second-order valence-corrected chi connectivity index (χ2v) is 6.48. The van der Waals surface area contributed by atoms with E-state index in [1.54, 1.807) is 25.1 Å². The number of halogens is 2. The highest BCUT2D eigenvalue weighted by atomic mass is 79.9. The van der Waals surface area contributed by atoms with Crippen LogP contribution < -0.4 is 5.32 Å². The molecule has 1 atom stereocenters. The summed E-state index contributed by atoms with van der Waals surface area (Å²) < 4.78 is 0.761. The highest BCUT2D eigenvalue weighted by molar-refractivity contribution is 9.10. The zero-order valence-electron chi connectivity index (χ0n) is 10.8. The molecule has 0 aliphatic carbocycles. The summed E-state index contributed by atoms with van der Waals surface area (Å²) >= 11 is 9.20. The molecule has 1 fully saturated rings. The number of benzene rings is 1. The minimum Gasteiger partial charge on any atom is -0.481 e. The van der Waals surface area contributed by atoms with E-state index in [4.69, 9.17) is 16.7 Å². The van der Waals surface area contributed by atoms with E-state index in [-0.39, 0.29) is 12.6 Å². The molecule has 20 heavy (non-hydrogen) atoms. The van der Waals surface area contributed by atoms with Crippen LogP contribution in [-0.2, 0) is 4.79 Å². The number of hydrogen-bond donors (Lipinski definition) is 2. The van der Waals surface area contributed by atoms with Gasteiger partial charge in [0, 0.05) is 28.3 Å². The van der Waals surface area contributed by atoms with Gasteiger partial charge in [0.05, 0.1) is 5.41 Å². The van der Waals surface area contributed by atoms with Crippen LogP contribution in [0.15, 0.2) is 22.7 Å². The summed E-state index contributed by atoms with van der Waals surface area (Å²) in [6.07, 6.45) is 0.453. The Labute approximate surface area is 130 Å². The van der Waals surface area contributed by atoms with E-state index in [1.165, 1.54) is 4.90 Å². The Morgan fingerprint density at radius 1 is 1.45 bits per heavy atom. The molecule has 0 spiro atoms. The van der Waals surface area contributed by atoms with Crippen LogP contribution in [0.5, 0.6) is 0 Å². The average Bonchev–Trinajstić information content (AvgIpc) is 2.72. The Hall–Kier alpha value is -1.27. The lowest BCUT2D eigenvalue weighted by Crippen LogP contribution is -2.37. The summed E-state index contributed by atoms with van der Waals surface area (Å²) in [5.41, 5.74) is -0.301. The van der Waals surface area contributed by atoms with Crippen molar-refractivity contribution in [2.45, 2.75) is 13.3 Å². The highest BCUT2D eigenvalue weighted by Crippen LogP contribution is 2.31. The number of carboxylic acid groups (broad SMARTS) is 1. The van der Waals surface area contributed by atoms with Crippen LogP contribution in [-0.4, -0.2) is 35.1 Å². The molecule has 1 aliphatic heterocycles. The predicted molar refractivity (Wildman–Crippen MR) is 80.1 cm³/mol. The van der Waals surface area contributed by atoms with Crippen LogP contribution in [0.25, 0.3) is 0 Å². The summed E-state index contributed by atoms with van der Waals surface area (Å²) in [5.74, 6) is -0.877. The first-order valence-corrected chi connectivity index (χ1v) is 7.23. The van der Waals surface area contributed by atoms with Crippen molar-refractivity contribution in [3.8, 4) is 0 Å². The van der Waals surface area contributed by atoms with Gasteiger partial charge >= 0.3 is 12.0 Å². The Bertz CT molecular complexity index is 546. The molecule has 1 unspecified atom stereocenters. The number of anilines is 1. The van der Waals surface area contributed by atoms with Gasteiger partial charge in [0.1, 0.15) is 0 Å². The molecule has 7 heteroatoms. The van der Waals surface area contributed by atoms with Crippen molar-refractivity contribution >= 4 is 45.2 Å². The van der Waals surface area contributed by atoms with Crippen LogP contribution in [0.3, 0.4) is 0 Å². The predicted octanol–water partition coefficient (Wildman–Crippen LogP) is 3.43. The molecule has 2 amide bonds. The highest BCUT2D eigenvalue weighted by Gasteiger charge is 2.42. The molecule has 0 bridgehead atoms. The molecule has 1 saturated heterocycles. The van der Waals surface area contributed by atoms with Crippen molar-refractivity contribution in [1.29, 1.82) is 0 Å². The molecule has 0 saturated carbocycles. The third kappa shape index (κ3) is 3.24. The zero-order chi connectivity index (χ0) is 14.9. The fraction of sp³-hybridized carbons (Fsp3) is 0.385. The second kappa shape index (κ2) is 5.61. The number of carboxylic acids is 1. The van der Waals surface area contributed by atoms with Gasteiger partial charge in [0.25, 0.3) is 0 Å². The Kier molecular flexibility index (Phi) is 4.25. The largest absolute Gasteiger partial charge is 0.481 e. The lowest BCUT2D eigenvalue weighted by atomic mass is 9.90. The van der Waals surface area contributed by atoms with Gasteiger partial charge in [-0.2, -0.15) is 0 Å². The zero-order valence-corrected chi connectivity index (χ0v) is 13.2. The maximum Gasteiger partial charge on any atom is 0.321 e. The van der Waals surface area contributed by atoms with Crippen LogP contribution in [0.2, 0.25) is 5.02 Å². The van der Waals surface area contributed by atoms with Gasteiger partial charge in [-0.15, -0.1) is 0 Å². The van der Waals surface area contributed by atoms with Crippen LogP contribution in [0, 0.1) is 5.41 Å². The van der Waals surface area contributed by atoms with E-state index in [0.29, 0.717) is 23.7 Å². The van der Waals surface area contributed by atoms with E-state index in [1.807, 2.05) is 0 Å². The molecular formula is C13H14BrClN2O3. The van der Waals surface area contributed by atoms with Gasteiger partial charge in [0.15, 0.2) is 0 Å². The van der Waals surface area contributed by atoms with E-state index >= 15 is 0 Å². The van der Waals surface area contributed by atoms with Crippen molar-refractivity contribution in [2.24, 2.45) is 5.41 Å². The fourth-order valence-corrected chi connectivity index (χ4v) is 3.00. The van der Waals surface area contributed by atoms with Gasteiger partial charge in [0.2, 0.25) is 0 Å². The Morgan fingerprint density at radius 3 is 2.70 bits per heavy atom. The van der Waals surface area contributed by atoms with Crippen molar-refractivity contribution in [3.63, 3.8) is 0 Å². The fourth-order valence-electron chi connectivity index (χ4n) is 2.14. The number of likely N-dealkylation sites (tertiary alicyclic amines) is 1. The van der Waals surface area contributed by atoms with E-state index < -0.39 is 11.4 Å². The summed E-state index contributed by atoms with van der Waals surface area (Å²) in [7, 11) is 0. The number of amides is 2. The monoisotopic (exact) mass is 360 g/mol. The van der Waals surface area contributed by atoms with Crippen molar-refractivity contribution in [2.75, 3.05) is 18.4 Å². The SMILES string of the molecule is CC1(C(=O)O)CCN(C(=O)Nc2cc(Cl)cc(Br)c2)C1. The van der Waals surface area contributed by atoms with Gasteiger partial charge in [-0.25, -0.2) is 4.79 Å². The number of nitrogens with one attached hydrogen (secondary N) is 1. The maximum absolute atomic E-state index is 12.1. The van der Waals surface area contributed by atoms with Crippen LogP contribution in [0.1, 0.15) is 13.3 Å². The summed E-state index contributed by atoms with van der Waals surface area (Å²) in [6, 6.07) is 4.77. The van der Waals surface area contributed by atoms with Crippen molar-refractivity contribution in [1.82, 2.24) is 4.90 Å². The van der Waals surface area contributed by atoms with Crippen molar-refractivity contribution in [3.05, 3.63) is 27.7 Å². The first-order chi connectivity index (χ1) is 9.30. The van der Waals surface area contributed by atoms with E-state index in [2.05, 4.69) is 21.2 Å². The maximum atomic E-state index is 12.1. The summed E-state index contributed by atoms with van der Waals surface area (Å²) in [4.78, 5) is 24.8. The van der Waals surface area contributed by atoms with E-state index in [0.717, 1.165) is 4.47 Å². The average molecular weight is 362 g/mol. The molecule has 1 aromatic rings. The Morgan fingerprint density at radius 2 is 2.15 bits per heavy atom. The standard InChI is InChI=1S/C13H14BrClN2O3/c1-13(11(18)19)2-3-17(7-13)12(20)16-10-5-8(14)4-9(15)6-10/h4-6H,2-3,7H2,1H3,(H,16,20)(H,18,19). The molecule has 2 rings (SSSR count). The lowest BCUT2D eigenvalue weighted by Gasteiger charge is -2.20. The minimum atomic E-state index is -0.877. The van der Waals surface area contributed by atoms with Crippen LogP contribution >= 0.6 is 27.5 Å². The molecule has 0 radical (unpaired) electrons. The molecule has 2 N–H and O–H groups in total. The molecule has 1 aromatic carbocycles. The number of rotatable bonds is 2. The normalized spacial score (nSPS) is 21.9. The van der Waals surface area contributed by atoms with Gasteiger partial charge in [-0.3, -0.25) is 4.79 Å². The topological polar surface area (TPSA) is 69.6 Å². The first kappa shape index (κ1) is 15.1. The van der Waals surface area contributed by atoms with Gasteiger partial charge in [-0.05, 0) is 31.5 Å². The van der Waals surface area contributed by atoms with Gasteiger partial charge in [-0.1, -0.05) is 27.5 Å². The third-order valence-electron chi connectivity index (χ3n) is 3.39. The van der Waals surface area contributed by atoms with E-state index in [9.17, 15) is 9.59 Å². The van der Waals surface area contributed by atoms with Crippen LogP contribution in [0.4, 0.5) is 10.5 Å². The summed E-state index contributed by atoms with van der Waals surface area (Å²) in [5, 5.41) is 12.4. The molecule has 0 aromatic heterocycles. The second-order valence-electron chi connectivity index (χ2n) is 5.13. The molecule has 5 nitrogen and oxygen atoms in total. The molecule has 1 heterocycles. The number of hydrogen-bond acceptors (Lipinski definition) is 2. The minimum absolute atomic E-state index is 0.204. The number of aliphatic carboxylic acids is 1.